The fraction of sp³-hybridized carbons (Fsp3) is 0.381. The molecule has 8 heteroatoms. The second-order valence-electron chi connectivity index (χ2n) is 7.92. The Bertz CT molecular complexity index is 1040. The second kappa shape index (κ2) is 7.88. The van der Waals surface area contributed by atoms with Gasteiger partial charge in [-0.3, -0.25) is 9.10 Å². The first-order valence-electron chi connectivity index (χ1n) is 9.27. The van der Waals surface area contributed by atoms with Crippen molar-refractivity contribution in [3.05, 3.63) is 58.6 Å². The van der Waals surface area contributed by atoms with Crippen LogP contribution in [0.1, 0.15) is 37.4 Å². The Kier molecular flexibility index (Phi) is 5.83. The summed E-state index contributed by atoms with van der Waals surface area (Å²) in [7, 11) is -3.67. The van der Waals surface area contributed by atoms with Crippen molar-refractivity contribution >= 4 is 33.2 Å². The van der Waals surface area contributed by atoms with E-state index in [1.807, 2.05) is 38.1 Å². The largest absolute Gasteiger partial charge is 0.487 e. The minimum atomic E-state index is -3.67. The van der Waals surface area contributed by atoms with Crippen LogP contribution in [0.25, 0.3) is 0 Å². The summed E-state index contributed by atoms with van der Waals surface area (Å²) in [5, 5.41) is 3.49. The predicted octanol–water partition coefficient (Wildman–Crippen LogP) is 3.83. The first-order chi connectivity index (χ1) is 13.5. The highest BCUT2D eigenvalue weighted by Crippen LogP contribution is 2.39. The molecule has 1 amide bonds. The summed E-state index contributed by atoms with van der Waals surface area (Å²) >= 11 is 5.99. The Balaban J connectivity index is 1.84. The third-order valence-corrected chi connectivity index (χ3v) is 6.19. The minimum absolute atomic E-state index is 0.268. The molecule has 1 atom stereocenters. The van der Waals surface area contributed by atoms with Gasteiger partial charge in [0.2, 0.25) is 15.9 Å². The molecule has 0 radical (unpaired) electrons. The highest BCUT2D eigenvalue weighted by molar-refractivity contribution is 7.92. The molecule has 0 unspecified atom stereocenters. The van der Waals surface area contributed by atoms with Crippen molar-refractivity contribution in [3.63, 3.8) is 0 Å². The smallest absolute Gasteiger partial charge is 0.241 e. The van der Waals surface area contributed by atoms with Crippen LogP contribution in [0.5, 0.6) is 5.75 Å². The number of carbonyl (C=O) groups is 1. The zero-order valence-electron chi connectivity index (χ0n) is 16.9. The van der Waals surface area contributed by atoms with Crippen molar-refractivity contribution < 1.29 is 17.9 Å². The summed E-state index contributed by atoms with van der Waals surface area (Å²) in [5.41, 5.74) is 1.54. The number of sulfonamides is 1. The van der Waals surface area contributed by atoms with E-state index in [0.29, 0.717) is 22.7 Å². The number of anilines is 1. The Morgan fingerprint density at radius 2 is 1.97 bits per heavy atom. The van der Waals surface area contributed by atoms with Crippen molar-refractivity contribution in [1.29, 1.82) is 0 Å². The number of carbonyl (C=O) groups excluding carboxylic acids is 1. The van der Waals surface area contributed by atoms with E-state index in [4.69, 9.17) is 16.3 Å². The maximum atomic E-state index is 12.9. The van der Waals surface area contributed by atoms with Gasteiger partial charge in [-0.25, -0.2) is 8.42 Å². The summed E-state index contributed by atoms with van der Waals surface area (Å²) in [6, 6.07) is 12.2. The molecule has 2 aromatic rings. The molecule has 6 nitrogen and oxygen atoms in total. The third kappa shape index (κ3) is 5.03. The lowest BCUT2D eigenvalue weighted by molar-refractivity contribution is -0.120. The van der Waals surface area contributed by atoms with Crippen LogP contribution in [0.4, 0.5) is 5.69 Å². The van der Waals surface area contributed by atoms with Crippen LogP contribution in [0, 0.1) is 6.92 Å². The molecule has 1 heterocycles. The van der Waals surface area contributed by atoms with Gasteiger partial charge in [-0.05, 0) is 50.6 Å². The van der Waals surface area contributed by atoms with E-state index >= 15 is 0 Å². The van der Waals surface area contributed by atoms with Gasteiger partial charge in [-0.15, -0.1) is 0 Å². The number of hydrogen-bond acceptors (Lipinski definition) is 4. The SMILES string of the molecule is Cc1cc(Cl)ccc1N(CC(=O)N[C@H]1CC(C)(C)Oc2ccccc21)S(C)(=O)=O. The van der Waals surface area contributed by atoms with Gasteiger partial charge in [-0.2, -0.15) is 0 Å². The molecular weight excluding hydrogens is 412 g/mol. The van der Waals surface area contributed by atoms with Gasteiger partial charge in [0.15, 0.2) is 0 Å². The van der Waals surface area contributed by atoms with Crippen molar-refractivity contribution in [2.75, 3.05) is 17.1 Å². The van der Waals surface area contributed by atoms with Crippen LogP contribution >= 0.6 is 11.6 Å². The van der Waals surface area contributed by atoms with Crippen LogP contribution in [0.15, 0.2) is 42.5 Å². The van der Waals surface area contributed by atoms with Crippen LogP contribution < -0.4 is 14.4 Å². The molecule has 0 saturated heterocycles. The molecule has 0 saturated carbocycles. The van der Waals surface area contributed by atoms with E-state index in [-0.39, 0.29) is 18.5 Å². The summed E-state index contributed by atoms with van der Waals surface area (Å²) < 4.78 is 31.9. The number of hydrogen-bond donors (Lipinski definition) is 1. The molecule has 0 fully saturated rings. The topological polar surface area (TPSA) is 75.7 Å². The number of halogens is 1. The van der Waals surface area contributed by atoms with Gasteiger partial charge in [0, 0.05) is 17.0 Å². The number of fused-ring (bicyclic) bond motifs is 1. The Morgan fingerprint density at radius 3 is 2.62 bits per heavy atom. The summed E-state index contributed by atoms with van der Waals surface area (Å²) in [4.78, 5) is 12.9. The van der Waals surface area contributed by atoms with E-state index in [2.05, 4.69) is 5.32 Å². The molecule has 156 valence electrons. The van der Waals surface area contributed by atoms with Crippen molar-refractivity contribution in [3.8, 4) is 5.75 Å². The summed E-state index contributed by atoms with van der Waals surface area (Å²) in [6.45, 7) is 5.36. The molecule has 2 aromatic carbocycles. The van der Waals surface area contributed by atoms with Gasteiger partial charge in [-0.1, -0.05) is 29.8 Å². The zero-order chi connectivity index (χ0) is 21.4. The van der Waals surface area contributed by atoms with E-state index < -0.39 is 15.6 Å². The molecule has 0 bridgehead atoms. The average molecular weight is 437 g/mol. The van der Waals surface area contributed by atoms with Gasteiger partial charge in [0.25, 0.3) is 0 Å². The number of ether oxygens (including phenoxy) is 1. The lowest BCUT2D eigenvalue weighted by Gasteiger charge is -2.38. The molecule has 29 heavy (non-hydrogen) atoms. The highest BCUT2D eigenvalue weighted by atomic mass is 35.5. The highest BCUT2D eigenvalue weighted by Gasteiger charge is 2.35. The van der Waals surface area contributed by atoms with Crippen molar-refractivity contribution in [2.24, 2.45) is 0 Å². The standard InChI is InChI=1S/C21H25ClN2O4S/c1-14-11-15(22)9-10-18(14)24(29(4,26)27)13-20(25)23-17-12-21(2,3)28-19-8-6-5-7-16(17)19/h5-11,17H,12-13H2,1-4H3,(H,23,25)/t17-/m0/s1. The Hall–Kier alpha value is -2.25. The van der Waals surface area contributed by atoms with Crippen LogP contribution in [0.3, 0.4) is 0 Å². The lowest BCUT2D eigenvalue weighted by Crippen LogP contribution is -2.45. The first-order valence-corrected chi connectivity index (χ1v) is 11.5. The number of benzene rings is 2. The predicted molar refractivity (Wildman–Crippen MR) is 115 cm³/mol. The normalized spacial score (nSPS) is 17.8. The van der Waals surface area contributed by atoms with E-state index in [1.165, 1.54) is 0 Å². The summed E-state index contributed by atoms with van der Waals surface area (Å²) in [6.07, 6.45) is 1.66. The van der Waals surface area contributed by atoms with Gasteiger partial charge < -0.3 is 10.1 Å². The van der Waals surface area contributed by atoms with Gasteiger partial charge in [0.1, 0.15) is 17.9 Å². The molecule has 0 aromatic heterocycles. The fourth-order valence-electron chi connectivity index (χ4n) is 3.58. The van der Waals surface area contributed by atoms with E-state index in [0.717, 1.165) is 21.9 Å². The van der Waals surface area contributed by atoms with Crippen LogP contribution in [-0.4, -0.2) is 32.7 Å². The number of nitrogens with zero attached hydrogens (tertiary/aromatic N) is 1. The minimum Gasteiger partial charge on any atom is -0.487 e. The van der Waals surface area contributed by atoms with Gasteiger partial charge in [0.05, 0.1) is 18.0 Å². The van der Waals surface area contributed by atoms with E-state index in [1.54, 1.807) is 25.1 Å². The molecule has 1 N–H and O–H groups in total. The number of para-hydroxylation sites is 1. The molecule has 0 aliphatic carbocycles. The number of rotatable bonds is 5. The average Bonchev–Trinajstić information content (AvgIpc) is 2.58. The first kappa shape index (κ1) is 21.5. The molecular formula is C21H25ClN2O4S. The van der Waals surface area contributed by atoms with Crippen LogP contribution in [-0.2, 0) is 14.8 Å². The maximum Gasteiger partial charge on any atom is 0.241 e. The number of nitrogens with one attached hydrogen (secondary N) is 1. The molecule has 0 spiro atoms. The lowest BCUT2D eigenvalue weighted by atomic mass is 9.89. The molecule has 1 aliphatic heterocycles. The van der Waals surface area contributed by atoms with Crippen molar-refractivity contribution in [2.45, 2.75) is 38.8 Å². The zero-order valence-corrected chi connectivity index (χ0v) is 18.5. The fourth-order valence-corrected chi connectivity index (χ4v) is 4.72. The molecule has 3 rings (SSSR count). The summed E-state index contributed by atoms with van der Waals surface area (Å²) in [5.74, 6) is 0.338. The Morgan fingerprint density at radius 1 is 1.28 bits per heavy atom. The Labute approximate surface area is 176 Å². The van der Waals surface area contributed by atoms with Crippen LogP contribution in [0.2, 0.25) is 5.02 Å². The third-order valence-electron chi connectivity index (χ3n) is 4.83. The molecule has 1 aliphatic rings. The number of amides is 1. The monoisotopic (exact) mass is 436 g/mol. The quantitative estimate of drug-likeness (QED) is 0.772. The van der Waals surface area contributed by atoms with Gasteiger partial charge >= 0.3 is 0 Å². The maximum absolute atomic E-state index is 12.9. The van der Waals surface area contributed by atoms with E-state index in [9.17, 15) is 13.2 Å². The second-order valence-corrected chi connectivity index (χ2v) is 10.3. The van der Waals surface area contributed by atoms with Crippen molar-refractivity contribution in [1.82, 2.24) is 5.32 Å². The number of aryl methyl sites for hydroxylation is 1.